The number of nitrogens with zero attached hydrogens (tertiary/aromatic N) is 3. The van der Waals surface area contributed by atoms with Crippen LogP contribution in [0.25, 0.3) is 0 Å². The zero-order valence-electron chi connectivity index (χ0n) is 14.9. The minimum absolute atomic E-state index is 0.0292. The van der Waals surface area contributed by atoms with Crippen molar-refractivity contribution in [3.63, 3.8) is 0 Å². The smallest absolute Gasteiger partial charge is 0.223 e. The van der Waals surface area contributed by atoms with Crippen molar-refractivity contribution in [2.24, 2.45) is 5.92 Å². The molecule has 2 heterocycles. The standard InChI is InChI=1S/C19H21FN4O2/c1-12-13(2)26-18(23-12)11-22-19(25)15-5-7-24(8-6-15)17-4-3-14(10-21)9-16(17)20/h3-4,9,15H,5-8,11H2,1-2H3,(H,22,25). The summed E-state index contributed by atoms with van der Waals surface area (Å²) in [5.74, 6) is 0.724. The molecule has 0 unspecified atom stereocenters. The number of nitriles is 1. The fourth-order valence-corrected chi connectivity index (χ4v) is 3.14. The molecule has 1 saturated heterocycles. The number of halogens is 1. The van der Waals surface area contributed by atoms with Crippen molar-refractivity contribution in [1.29, 1.82) is 5.26 Å². The van der Waals surface area contributed by atoms with E-state index in [1.165, 1.54) is 6.07 Å². The minimum Gasteiger partial charge on any atom is -0.444 e. The molecule has 0 bridgehead atoms. The van der Waals surface area contributed by atoms with E-state index in [0.29, 0.717) is 43.1 Å². The summed E-state index contributed by atoms with van der Waals surface area (Å²) >= 11 is 0. The Bertz CT molecular complexity index is 828. The summed E-state index contributed by atoms with van der Waals surface area (Å²) in [6.07, 6.45) is 1.30. The molecule has 26 heavy (non-hydrogen) atoms. The van der Waals surface area contributed by atoms with Crippen molar-refractivity contribution in [2.45, 2.75) is 33.2 Å². The lowest BCUT2D eigenvalue weighted by Gasteiger charge is -2.33. The summed E-state index contributed by atoms with van der Waals surface area (Å²) in [5, 5.41) is 11.7. The summed E-state index contributed by atoms with van der Waals surface area (Å²) in [4.78, 5) is 18.5. The van der Waals surface area contributed by atoms with Gasteiger partial charge in [-0.05, 0) is 44.9 Å². The van der Waals surface area contributed by atoms with E-state index in [0.717, 1.165) is 11.5 Å². The molecule has 0 saturated carbocycles. The highest BCUT2D eigenvalue weighted by Crippen LogP contribution is 2.26. The molecule has 1 aliphatic rings. The maximum atomic E-state index is 14.1. The van der Waals surface area contributed by atoms with Crippen LogP contribution in [0.1, 0.15) is 35.7 Å². The average Bonchev–Trinajstić information content (AvgIpc) is 2.97. The van der Waals surface area contributed by atoms with Gasteiger partial charge in [0.2, 0.25) is 11.8 Å². The van der Waals surface area contributed by atoms with Gasteiger partial charge in [-0.3, -0.25) is 4.79 Å². The van der Waals surface area contributed by atoms with Crippen LogP contribution in [0.3, 0.4) is 0 Å². The Morgan fingerprint density at radius 1 is 1.42 bits per heavy atom. The number of aryl methyl sites for hydroxylation is 2. The van der Waals surface area contributed by atoms with E-state index in [1.54, 1.807) is 12.1 Å². The second-order valence-electron chi connectivity index (χ2n) is 6.51. The molecule has 1 aromatic carbocycles. The Morgan fingerprint density at radius 2 is 2.15 bits per heavy atom. The van der Waals surface area contributed by atoms with E-state index in [1.807, 2.05) is 24.8 Å². The van der Waals surface area contributed by atoms with Gasteiger partial charge in [0, 0.05) is 19.0 Å². The number of benzene rings is 1. The van der Waals surface area contributed by atoms with Crippen molar-refractivity contribution >= 4 is 11.6 Å². The largest absolute Gasteiger partial charge is 0.444 e. The van der Waals surface area contributed by atoms with E-state index < -0.39 is 5.82 Å². The molecule has 3 rings (SSSR count). The molecular formula is C19H21FN4O2. The number of amides is 1. The molecular weight excluding hydrogens is 335 g/mol. The van der Waals surface area contributed by atoms with Crippen molar-refractivity contribution in [3.8, 4) is 6.07 Å². The molecule has 0 atom stereocenters. The second-order valence-corrected chi connectivity index (χ2v) is 6.51. The fourth-order valence-electron chi connectivity index (χ4n) is 3.14. The Morgan fingerprint density at radius 3 is 2.73 bits per heavy atom. The van der Waals surface area contributed by atoms with Crippen molar-refractivity contribution < 1.29 is 13.6 Å². The van der Waals surface area contributed by atoms with Gasteiger partial charge in [0.05, 0.1) is 29.6 Å². The molecule has 0 aliphatic carbocycles. The number of hydrogen-bond acceptors (Lipinski definition) is 5. The first-order valence-corrected chi connectivity index (χ1v) is 8.63. The fraction of sp³-hybridized carbons (Fsp3) is 0.421. The first kappa shape index (κ1) is 17.9. The quantitative estimate of drug-likeness (QED) is 0.911. The summed E-state index contributed by atoms with van der Waals surface area (Å²) in [7, 11) is 0. The van der Waals surface area contributed by atoms with Crippen molar-refractivity contribution in [2.75, 3.05) is 18.0 Å². The van der Waals surface area contributed by atoms with E-state index in [9.17, 15) is 9.18 Å². The van der Waals surface area contributed by atoms with Gasteiger partial charge in [0.15, 0.2) is 0 Å². The Kier molecular flexibility index (Phi) is 5.21. The molecule has 1 aromatic heterocycles. The minimum atomic E-state index is -0.401. The van der Waals surface area contributed by atoms with Gasteiger partial charge in [-0.15, -0.1) is 0 Å². The third-order valence-electron chi connectivity index (χ3n) is 4.77. The lowest BCUT2D eigenvalue weighted by molar-refractivity contribution is -0.125. The number of piperidine rings is 1. The number of anilines is 1. The molecule has 7 heteroatoms. The van der Waals surface area contributed by atoms with E-state index >= 15 is 0 Å². The summed E-state index contributed by atoms with van der Waals surface area (Å²) in [6.45, 7) is 5.17. The van der Waals surface area contributed by atoms with Crippen LogP contribution >= 0.6 is 0 Å². The van der Waals surface area contributed by atoms with Crippen LogP contribution in [0.5, 0.6) is 0 Å². The number of aromatic nitrogens is 1. The van der Waals surface area contributed by atoms with Gasteiger partial charge in [-0.1, -0.05) is 0 Å². The summed E-state index contributed by atoms with van der Waals surface area (Å²) in [6, 6.07) is 6.41. The maximum absolute atomic E-state index is 14.1. The SMILES string of the molecule is Cc1nc(CNC(=O)C2CCN(c3ccc(C#N)cc3F)CC2)oc1C. The first-order valence-electron chi connectivity index (χ1n) is 8.63. The predicted molar refractivity (Wildman–Crippen MR) is 93.9 cm³/mol. The maximum Gasteiger partial charge on any atom is 0.223 e. The molecule has 0 radical (unpaired) electrons. The number of carbonyl (C=O) groups excluding carboxylic acids is 1. The first-order chi connectivity index (χ1) is 12.5. The van der Waals surface area contributed by atoms with Crippen molar-refractivity contribution in [3.05, 3.63) is 46.9 Å². The molecule has 6 nitrogen and oxygen atoms in total. The zero-order valence-corrected chi connectivity index (χ0v) is 14.9. The number of nitrogens with one attached hydrogen (secondary N) is 1. The van der Waals surface area contributed by atoms with Gasteiger partial charge in [-0.25, -0.2) is 9.37 Å². The van der Waals surface area contributed by atoms with Crippen LogP contribution < -0.4 is 10.2 Å². The van der Waals surface area contributed by atoms with E-state index in [4.69, 9.17) is 9.68 Å². The van der Waals surface area contributed by atoms with Gasteiger partial charge in [-0.2, -0.15) is 5.26 Å². The van der Waals surface area contributed by atoms with Crippen LogP contribution in [0.2, 0.25) is 0 Å². The van der Waals surface area contributed by atoms with Crippen molar-refractivity contribution in [1.82, 2.24) is 10.3 Å². The number of rotatable bonds is 4. The second kappa shape index (κ2) is 7.56. The Hall–Kier alpha value is -2.88. The van der Waals surface area contributed by atoms with Crippen LogP contribution in [0.15, 0.2) is 22.6 Å². The third kappa shape index (κ3) is 3.85. The highest BCUT2D eigenvalue weighted by Gasteiger charge is 2.26. The van der Waals surface area contributed by atoms with Gasteiger partial charge < -0.3 is 14.6 Å². The van der Waals surface area contributed by atoms with Crippen LogP contribution in [-0.2, 0) is 11.3 Å². The lowest BCUT2D eigenvalue weighted by Crippen LogP contribution is -2.40. The Labute approximate surface area is 151 Å². The van der Waals surface area contributed by atoms with Crippen LogP contribution in [0, 0.1) is 36.9 Å². The predicted octanol–water partition coefficient (Wildman–Crippen LogP) is 2.84. The molecule has 1 fully saturated rings. The highest BCUT2D eigenvalue weighted by atomic mass is 19.1. The highest BCUT2D eigenvalue weighted by molar-refractivity contribution is 5.78. The van der Waals surface area contributed by atoms with Gasteiger partial charge in [0.1, 0.15) is 11.6 Å². The molecule has 1 amide bonds. The van der Waals surface area contributed by atoms with E-state index in [2.05, 4.69) is 10.3 Å². The van der Waals surface area contributed by atoms with Crippen LogP contribution in [0.4, 0.5) is 10.1 Å². The molecule has 0 spiro atoms. The normalized spacial score (nSPS) is 14.9. The lowest BCUT2D eigenvalue weighted by atomic mass is 9.95. The molecule has 1 aliphatic heterocycles. The molecule has 136 valence electrons. The van der Waals surface area contributed by atoms with E-state index in [-0.39, 0.29) is 18.4 Å². The number of oxazole rings is 1. The Balaban J connectivity index is 1.53. The molecule has 1 N–H and O–H groups in total. The molecule has 2 aromatic rings. The monoisotopic (exact) mass is 356 g/mol. The third-order valence-corrected chi connectivity index (χ3v) is 4.77. The van der Waals surface area contributed by atoms with Gasteiger partial charge >= 0.3 is 0 Å². The number of hydrogen-bond donors (Lipinski definition) is 1. The summed E-state index contributed by atoms with van der Waals surface area (Å²) in [5.41, 5.74) is 1.61. The summed E-state index contributed by atoms with van der Waals surface area (Å²) < 4.78 is 19.6. The number of carbonyl (C=O) groups is 1. The topological polar surface area (TPSA) is 82.2 Å². The zero-order chi connectivity index (χ0) is 18.7. The van der Waals surface area contributed by atoms with Crippen LogP contribution in [-0.4, -0.2) is 24.0 Å². The van der Waals surface area contributed by atoms with Gasteiger partial charge in [0.25, 0.3) is 0 Å². The average molecular weight is 356 g/mol.